The van der Waals surface area contributed by atoms with E-state index in [-0.39, 0.29) is 0 Å². The Morgan fingerprint density at radius 3 is 2.57 bits per heavy atom. The molecule has 5 heteroatoms. The van der Waals surface area contributed by atoms with Crippen LogP contribution in [0.2, 0.25) is 0 Å². The number of nitrogens with two attached hydrogens (primary N) is 1. The van der Waals surface area contributed by atoms with Gasteiger partial charge in [-0.05, 0) is 24.6 Å². The molecule has 0 saturated carbocycles. The Balaban J connectivity index is 1.85. The van der Waals surface area contributed by atoms with E-state index in [0.717, 1.165) is 11.3 Å². The van der Waals surface area contributed by atoms with Crippen molar-refractivity contribution in [3.8, 4) is 0 Å². The van der Waals surface area contributed by atoms with Crippen LogP contribution in [0.1, 0.15) is 29.9 Å². The molecule has 3 rings (SSSR count). The largest absolute Gasteiger partial charge is 0.337 e. The zero-order chi connectivity index (χ0) is 14.7. The minimum absolute atomic E-state index is 0.402. The summed E-state index contributed by atoms with van der Waals surface area (Å²) in [6.07, 6.45) is 2.27. The maximum absolute atomic E-state index is 6.35. The highest BCUT2D eigenvalue weighted by Gasteiger charge is 2.30. The van der Waals surface area contributed by atoms with Gasteiger partial charge in [0.15, 0.2) is 5.82 Å². The van der Waals surface area contributed by atoms with Crippen molar-refractivity contribution in [3.05, 3.63) is 77.7 Å². The second-order valence-corrected chi connectivity index (χ2v) is 5.08. The summed E-state index contributed by atoms with van der Waals surface area (Å²) in [6.45, 7) is 1.86. The molecule has 0 amide bonds. The highest BCUT2D eigenvalue weighted by molar-refractivity contribution is 5.29. The molecule has 0 aliphatic rings. The van der Waals surface area contributed by atoms with E-state index in [2.05, 4.69) is 15.1 Å². The van der Waals surface area contributed by atoms with Crippen LogP contribution in [-0.4, -0.2) is 15.1 Å². The number of nitrogens with zero attached hydrogens (tertiary/aromatic N) is 3. The van der Waals surface area contributed by atoms with Gasteiger partial charge in [-0.1, -0.05) is 41.6 Å². The van der Waals surface area contributed by atoms with Crippen LogP contribution in [0.5, 0.6) is 0 Å². The molecule has 0 saturated heterocycles. The second-order valence-electron chi connectivity index (χ2n) is 5.08. The van der Waals surface area contributed by atoms with Crippen molar-refractivity contribution in [3.63, 3.8) is 0 Å². The van der Waals surface area contributed by atoms with Crippen molar-refractivity contribution in [2.24, 2.45) is 5.73 Å². The van der Waals surface area contributed by atoms with Crippen LogP contribution in [0.4, 0.5) is 0 Å². The number of aromatic nitrogens is 3. The van der Waals surface area contributed by atoms with Crippen molar-refractivity contribution >= 4 is 0 Å². The van der Waals surface area contributed by atoms with Gasteiger partial charge in [-0.15, -0.1) is 0 Å². The molecular formula is C16H16N4O. The van der Waals surface area contributed by atoms with E-state index in [9.17, 15) is 0 Å². The van der Waals surface area contributed by atoms with Crippen molar-refractivity contribution in [1.82, 2.24) is 15.1 Å². The zero-order valence-corrected chi connectivity index (χ0v) is 11.7. The van der Waals surface area contributed by atoms with E-state index in [1.165, 1.54) is 0 Å². The van der Waals surface area contributed by atoms with Gasteiger partial charge in [0, 0.05) is 11.9 Å². The summed E-state index contributed by atoms with van der Waals surface area (Å²) < 4.78 is 5.34. The molecule has 2 aromatic heterocycles. The molecule has 0 bridgehead atoms. The average Bonchev–Trinajstić information content (AvgIpc) is 2.98. The normalized spacial score (nSPS) is 13.8. The van der Waals surface area contributed by atoms with E-state index in [4.69, 9.17) is 10.3 Å². The molecule has 3 aromatic rings. The molecule has 1 atom stereocenters. The first-order valence-electron chi connectivity index (χ1n) is 6.73. The van der Waals surface area contributed by atoms with Crippen LogP contribution in [0, 0.1) is 0 Å². The van der Waals surface area contributed by atoms with Gasteiger partial charge in [-0.25, -0.2) is 0 Å². The fourth-order valence-electron chi connectivity index (χ4n) is 2.11. The Kier molecular flexibility index (Phi) is 3.50. The van der Waals surface area contributed by atoms with E-state index >= 15 is 0 Å². The topological polar surface area (TPSA) is 77.8 Å². The van der Waals surface area contributed by atoms with Crippen LogP contribution in [-0.2, 0) is 12.0 Å². The lowest BCUT2D eigenvalue weighted by Gasteiger charge is -2.20. The summed E-state index contributed by atoms with van der Waals surface area (Å²) in [5.74, 6) is 0.982. The third-order valence-electron chi connectivity index (χ3n) is 3.35. The Labute approximate surface area is 122 Å². The smallest absolute Gasteiger partial charge is 0.251 e. The Morgan fingerprint density at radius 1 is 1.10 bits per heavy atom. The lowest BCUT2D eigenvalue weighted by atomic mass is 9.93. The van der Waals surface area contributed by atoms with Gasteiger partial charge in [0.2, 0.25) is 0 Å². The fraction of sp³-hybridized carbons (Fsp3) is 0.188. The molecule has 0 radical (unpaired) electrons. The predicted octanol–water partition coefficient (Wildman–Crippen LogP) is 2.28. The van der Waals surface area contributed by atoms with Crippen molar-refractivity contribution in [1.29, 1.82) is 0 Å². The molecule has 1 aromatic carbocycles. The van der Waals surface area contributed by atoms with Gasteiger partial charge in [0.1, 0.15) is 5.54 Å². The maximum atomic E-state index is 6.35. The summed E-state index contributed by atoms with van der Waals surface area (Å²) in [6, 6.07) is 15.4. The van der Waals surface area contributed by atoms with Gasteiger partial charge in [0.25, 0.3) is 5.89 Å². The third kappa shape index (κ3) is 2.83. The van der Waals surface area contributed by atoms with Crippen LogP contribution in [0.3, 0.4) is 0 Å². The molecular weight excluding hydrogens is 264 g/mol. The van der Waals surface area contributed by atoms with Crippen LogP contribution in [0.25, 0.3) is 0 Å². The number of pyridine rings is 1. The quantitative estimate of drug-likeness (QED) is 0.793. The average molecular weight is 280 g/mol. The Hall–Kier alpha value is -2.53. The lowest BCUT2D eigenvalue weighted by molar-refractivity contribution is 0.323. The fourth-order valence-corrected chi connectivity index (χ4v) is 2.11. The molecule has 1 unspecified atom stereocenters. The highest BCUT2D eigenvalue weighted by atomic mass is 16.5. The summed E-state index contributed by atoms with van der Waals surface area (Å²) in [5, 5.41) is 4.00. The SMILES string of the molecule is CC(N)(c1ccccc1)c1nc(Cc2ccccn2)no1. The van der Waals surface area contributed by atoms with Crippen LogP contribution in [0.15, 0.2) is 59.3 Å². The monoisotopic (exact) mass is 280 g/mol. The van der Waals surface area contributed by atoms with Gasteiger partial charge in [0.05, 0.1) is 6.42 Å². The zero-order valence-electron chi connectivity index (χ0n) is 11.7. The summed E-state index contributed by atoms with van der Waals surface area (Å²) in [5.41, 5.74) is 7.37. The van der Waals surface area contributed by atoms with Crippen molar-refractivity contribution in [2.45, 2.75) is 18.9 Å². The minimum atomic E-state index is -0.809. The third-order valence-corrected chi connectivity index (χ3v) is 3.35. The molecule has 21 heavy (non-hydrogen) atoms. The molecule has 0 aliphatic carbocycles. The summed E-state index contributed by atoms with van der Waals surface area (Å²) in [7, 11) is 0. The molecule has 2 N–H and O–H groups in total. The molecule has 0 aliphatic heterocycles. The predicted molar refractivity (Wildman–Crippen MR) is 78.4 cm³/mol. The van der Waals surface area contributed by atoms with Crippen molar-refractivity contribution in [2.75, 3.05) is 0 Å². The number of hydrogen-bond acceptors (Lipinski definition) is 5. The Morgan fingerprint density at radius 2 is 1.86 bits per heavy atom. The van der Waals surface area contributed by atoms with Crippen LogP contribution >= 0.6 is 0 Å². The molecule has 106 valence electrons. The lowest BCUT2D eigenvalue weighted by Crippen LogP contribution is -2.34. The summed E-state index contributed by atoms with van der Waals surface area (Å²) >= 11 is 0. The van der Waals surface area contributed by atoms with Crippen LogP contribution < -0.4 is 5.73 Å². The van der Waals surface area contributed by atoms with Gasteiger partial charge < -0.3 is 10.3 Å². The number of rotatable bonds is 4. The van der Waals surface area contributed by atoms with E-state index in [0.29, 0.717) is 18.1 Å². The van der Waals surface area contributed by atoms with Gasteiger partial charge in [-0.2, -0.15) is 4.98 Å². The first-order valence-corrected chi connectivity index (χ1v) is 6.73. The number of benzene rings is 1. The van der Waals surface area contributed by atoms with Crippen molar-refractivity contribution < 1.29 is 4.52 Å². The second kappa shape index (κ2) is 5.46. The van der Waals surface area contributed by atoms with Gasteiger partial charge in [-0.3, -0.25) is 4.98 Å². The molecule has 5 nitrogen and oxygen atoms in total. The van der Waals surface area contributed by atoms with E-state index in [1.54, 1.807) is 6.20 Å². The highest BCUT2D eigenvalue weighted by Crippen LogP contribution is 2.24. The molecule has 0 fully saturated rings. The molecule has 0 spiro atoms. The number of hydrogen-bond donors (Lipinski definition) is 1. The first kappa shape index (κ1) is 13.5. The Bertz CT molecular complexity index is 707. The maximum Gasteiger partial charge on any atom is 0.251 e. The minimum Gasteiger partial charge on any atom is -0.337 e. The van der Waals surface area contributed by atoms with E-state index < -0.39 is 5.54 Å². The standard InChI is InChI=1S/C16H16N4O/c1-16(17,12-7-3-2-4-8-12)15-19-14(20-21-15)11-13-9-5-6-10-18-13/h2-10H,11,17H2,1H3. The summed E-state index contributed by atoms with van der Waals surface area (Å²) in [4.78, 5) is 8.66. The molecule has 2 heterocycles. The van der Waals surface area contributed by atoms with E-state index in [1.807, 2.05) is 55.5 Å². The van der Waals surface area contributed by atoms with Gasteiger partial charge >= 0.3 is 0 Å². The first-order chi connectivity index (χ1) is 10.2.